The van der Waals surface area contributed by atoms with Crippen LogP contribution in [0.4, 0.5) is 5.69 Å². The van der Waals surface area contributed by atoms with Crippen molar-refractivity contribution in [1.82, 2.24) is 4.90 Å². The van der Waals surface area contributed by atoms with Gasteiger partial charge >= 0.3 is 0 Å². The van der Waals surface area contributed by atoms with Gasteiger partial charge in [-0.25, -0.2) is 0 Å². The average molecular weight is 312 g/mol. The number of rotatable bonds is 3. The first-order valence-electron chi connectivity index (χ1n) is 6.54. The highest BCUT2D eigenvalue weighted by Crippen LogP contribution is 2.26. The van der Waals surface area contributed by atoms with Crippen LogP contribution in [0.2, 0.25) is 0 Å². The van der Waals surface area contributed by atoms with Crippen LogP contribution >= 0.6 is 15.9 Å². The van der Waals surface area contributed by atoms with Gasteiger partial charge in [-0.05, 0) is 45.1 Å². The molecule has 100 valence electrons. The summed E-state index contributed by atoms with van der Waals surface area (Å²) in [5.41, 5.74) is 7.05. The Kier molecular flexibility index (Phi) is 4.65. The van der Waals surface area contributed by atoms with Crippen LogP contribution in [0.5, 0.6) is 0 Å². The molecule has 2 rings (SSSR count). The third-order valence-electron chi connectivity index (χ3n) is 3.79. The van der Waals surface area contributed by atoms with Crippen LogP contribution < -0.4 is 10.6 Å². The van der Waals surface area contributed by atoms with Crippen LogP contribution in [0.25, 0.3) is 0 Å². The predicted octanol–water partition coefficient (Wildman–Crippen LogP) is 2.31. The van der Waals surface area contributed by atoms with Crippen molar-refractivity contribution in [3.63, 3.8) is 0 Å². The Morgan fingerprint density at radius 1 is 1.39 bits per heavy atom. The molecule has 1 aliphatic rings. The van der Waals surface area contributed by atoms with Gasteiger partial charge in [0.15, 0.2) is 0 Å². The molecule has 0 radical (unpaired) electrons. The van der Waals surface area contributed by atoms with Crippen LogP contribution in [-0.2, 0) is 0 Å². The van der Waals surface area contributed by atoms with Crippen LogP contribution in [0.3, 0.4) is 0 Å². The van der Waals surface area contributed by atoms with E-state index in [0.29, 0.717) is 12.1 Å². The minimum atomic E-state index is 0.519. The van der Waals surface area contributed by atoms with Crippen molar-refractivity contribution in [2.45, 2.75) is 25.4 Å². The zero-order valence-corrected chi connectivity index (χ0v) is 12.7. The summed E-state index contributed by atoms with van der Waals surface area (Å²) in [4.78, 5) is 4.93. The highest BCUT2D eigenvalue weighted by molar-refractivity contribution is 9.10. The van der Waals surface area contributed by atoms with Gasteiger partial charge in [-0.1, -0.05) is 22.0 Å². The van der Waals surface area contributed by atoms with Gasteiger partial charge in [0, 0.05) is 35.3 Å². The van der Waals surface area contributed by atoms with Gasteiger partial charge < -0.3 is 10.6 Å². The van der Waals surface area contributed by atoms with E-state index in [4.69, 9.17) is 5.73 Å². The van der Waals surface area contributed by atoms with Crippen LogP contribution in [-0.4, -0.2) is 43.7 Å². The van der Waals surface area contributed by atoms with Gasteiger partial charge in [0.25, 0.3) is 0 Å². The number of benzene rings is 1. The van der Waals surface area contributed by atoms with Crippen molar-refractivity contribution in [3.05, 3.63) is 28.7 Å². The molecule has 0 bridgehead atoms. The van der Waals surface area contributed by atoms with E-state index in [2.05, 4.69) is 64.0 Å². The fourth-order valence-electron chi connectivity index (χ4n) is 2.59. The topological polar surface area (TPSA) is 32.5 Å². The lowest BCUT2D eigenvalue weighted by molar-refractivity contribution is 0.196. The standard InChI is InChI=1S/C14H22BrN3/c1-11-9-18(13-5-3-4-12(15)8-13)14(6-7-16)10-17(11)2/h3-5,8,11,14H,6-7,9-10,16H2,1-2H3. The predicted molar refractivity (Wildman–Crippen MR) is 81.0 cm³/mol. The van der Waals surface area contributed by atoms with Crippen molar-refractivity contribution in [3.8, 4) is 0 Å². The lowest BCUT2D eigenvalue weighted by atomic mass is 10.0. The van der Waals surface area contributed by atoms with Crippen molar-refractivity contribution in [1.29, 1.82) is 0 Å². The summed E-state index contributed by atoms with van der Waals surface area (Å²) < 4.78 is 1.14. The Labute approximate surface area is 118 Å². The largest absolute Gasteiger partial charge is 0.366 e. The Morgan fingerprint density at radius 2 is 2.17 bits per heavy atom. The molecule has 2 atom stereocenters. The number of nitrogens with two attached hydrogens (primary N) is 1. The van der Waals surface area contributed by atoms with Crippen LogP contribution in [0, 0.1) is 0 Å². The number of anilines is 1. The molecule has 1 saturated heterocycles. The highest BCUT2D eigenvalue weighted by Gasteiger charge is 2.29. The molecule has 0 spiro atoms. The molecule has 0 aromatic heterocycles. The fourth-order valence-corrected chi connectivity index (χ4v) is 2.98. The summed E-state index contributed by atoms with van der Waals surface area (Å²) in [6, 6.07) is 9.65. The molecule has 1 fully saturated rings. The molecule has 2 N–H and O–H groups in total. The molecule has 1 aromatic carbocycles. The SMILES string of the molecule is CC1CN(c2cccc(Br)c2)C(CCN)CN1C. The highest BCUT2D eigenvalue weighted by atomic mass is 79.9. The van der Waals surface area contributed by atoms with Crippen LogP contribution in [0.1, 0.15) is 13.3 Å². The van der Waals surface area contributed by atoms with E-state index in [-0.39, 0.29) is 0 Å². The average Bonchev–Trinajstić information content (AvgIpc) is 2.34. The van der Waals surface area contributed by atoms with E-state index in [1.807, 2.05) is 0 Å². The Morgan fingerprint density at radius 3 is 2.83 bits per heavy atom. The summed E-state index contributed by atoms with van der Waals surface area (Å²) >= 11 is 3.55. The smallest absolute Gasteiger partial charge is 0.0429 e. The van der Waals surface area contributed by atoms with E-state index in [9.17, 15) is 0 Å². The Hall–Kier alpha value is -0.580. The minimum Gasteiger partial charge on any atom is -0.366 e. The second-order valence-corrected chi connectivity index (χ2v) is 6.07. The molecule has 2 unspecified atom stereocenters. The van der Waals surface area contributed by atoms with E-state index in [1.165, 1.54) is 5.69 Å². The third kappa shape index (κ3) is 3.05. The quantitative estimate of drug-likeness (QED) is 0.929. The summed E-state index contributed by atoms with van der Waals surface area (Å²) in [5, 5.41) is 0. The normalized spacial score (nSPS) is 25.4. The molecule has 1 heterocycles. The number of nitrogens with zero attached hydrogens (tertiary/aromatic N) is 2. The zero-order chi connectivity index (χ0) is 13.1. The van der Waals surface area contributed by atoms with Gasteiger partial charge in [0.1, 0.15) is 0 Å². The van der Waals surface area contributed by atoms with E-state index in [1.54, 1.807) is 0 Å². The molecule has 1 aliphatic heterocycles. The maximum atomic E-state index is 5.76. The minimum absolute atomic E-state index is 0.519. The molecule has 4 heteroatoms. The summed E-state index contributed by atoms with van der Waals surface area (Å²) in [6.07, 6.45) is 1.05. The lowest BCUT2D eigenvalue weighted by Gasteiger charge is -2.45. The molecule has 18 heavy (non-hydrogen) atoms. The monoisotopic (exact) mass is 311 g/mol. The number of hydrogen-bond donors (Lipinski definition) is 1. The summed E-state index contributed by atoms with van der Waals surface area (Å²) in [7, 11) is 2.20. The van der Waals surface area contributed by atoms with Gasteiger partial charge in [-0.2, -0.15) is 0 Å². The first kappa shape index (κ1) is 13.8. The first-order valence-corrected chi connectivity index (χ1v) is 7.33. The van der Waals surface area contributed by atoms with Gasteiger partial charge in [0.05, 0.1) is 0 Å². The van der Waals surface area contributed by atoms with E-state index >= 15 is 0 Å². The maximum absolute atomic E-state index is 5.76. The van der Waals surface area contributed by atoms with Crippen molar-refractivity contribution in [2.75, 3.05) is 31.6 Å². The van der Waals surface area contributed by atoms with Crippen molar-refractivity contribution < 1.29 is 0 Å². The number of hydrogen-bond acceptors (Lipinski definition) is 3. The van der Waals surface area contributed by atoms with Crippen LogP contribution in [0.15, 0.2) is 28.7 Å². The Bertz CT molecular complexity index is 396. The Balaban J connectivity index is 2.22. The van der Waals surface area contributed by atoms with Crippen molar-refractivity contribution >= 4 is 21.6 Å². The summed E-state index contributed by atoms with van der Waals surface area (Å²) in [6.45, 7) is 5.18. The lowest BCUT2D eigenvalue weighted by Crippen LogP contribution is -2.56. The molecule has 0 saturated carbocycles. The molecule has 0 aliphatic carbocycles. The fraction of sp³-hybridized carbons (Fsp3) is 0.571. The number of likely N-dealkylation sites (N-methyl/N-ethyl adjacent to an activating group) is 1. The van der Waals surface area contributed by atoms with Gasteiger partial charge in [-0.15, -0.1) is 0 Å². The van der Waals surface area contributed by atoms with Gasteiger partial charge in [0.2, 0.25) is 0 Å². The van der Waals surface area contributed by atoms with Crippen molar-refractivity contribution in [2.24, 2.45) is 5.73 Å². The summed E-state index contributed by atoms with van der Waals surface area (Å²) in [5.74, 6) is 0. The second-order valence-electron chi connectivity index (χ2n) is 5.15. The maximum Gasteiger partial charge on any atom is 0.0429 e. The van der Waals surface area contributed by atoms with E-state index in [0.717, 1.165) is 30.5 Å². The number of piperazine rings is 1. The molecular weight excluding hydrogens is 290 g/mol. The molecule has 1 aromatic rings. The molecule has 3 nitrogen and oxygen atoms in total. The van der Waals surface area contributed by atoms with E-state index < -0.39 is 0 Å². The molecular formula is C14H22BrN3. The van der Waals surface area contributed by atoms with Gasteiger partial charge in [-0.3, -0.25) is 4.90 Å². The second kappa shape index (κ2) is 6.04. The first-order chi connectivity index (χ1) is 8.61. The molecule has 0 amide bonds. The third-order valence-corrected chi connectivity index (χ3v) is 4.29. The zero-order valence-electron chi connectivity index (χ0n) is 11.1. The number of halogens is 1.